The lowest BCUT2D eigenvalue weighted by molar-refractivity contribution is -0.126. The van der Waals surface area contributed by atoms with Crippen molar-refractivity contribution in [2.75, 3.05) is 12.8 Å². The van der Waals surface area contributed by atoms with E-state index in [-0.39, 0.29) is 11.7 Å². The van der Waals surface area contributed by atoms with Crippen LogP contribution in [0.4, 0.5) is 5.13 Å². The summed E-state index contributed by atoms with van der Waals surface area (Å²) >= 11 is 2.20. The number of aromatic nitrogens is 2. The Bertz CT molecular complexity index is 379. The zero-order valence-electron chi connectivity index (χ0n) is 8.18. The average Bonchev–Trinajstić information content (AvgIpc) is 2.59. The largest absolute Gasteiger partial charge is 0.374 e. The van der Waals surface area contributed by atoms with E-state index in [1.165, 1.54) is 14.0 Å². The van der Waals surface area contributed by atoms with Crippen molar-refractivity contribution in [2.24, 2.45) is 0 Å². The van der Waals surface area contributed by atoms with Crippen molar-refractivity contribution in [3.05, 3.63) is 0 Å². The molecule has 1 atom stereocenters. The molecule has 0 aromatic carbocycles. The van der Waals surface area contributed by atoms with Gasteiger partial charge in [0.1, 0.15) is 5.25 Å². The van der Waals surface area contributed by atoms with E-state index in [2.05, 4.69) is 15.5 Å². The van der Waals surface area contributed by atoms with E-state index >= 15 is 0 Å². The molecule has 0 bridgehead atoms. The minimum atomic E-state index is -0.789. The fourth-order valence-electron chi connectivity index (χ4n) is 0.821. The molecule has 82 valence electrons. The molecular weight excluding hydrogens is 236 g/mol. The monoisotopic (exact) mass is 246 g/mol. The molecule has 0 aliphatic carbocycles. The minimum absolute atomic E-state index is 0.229. The standard InChI is InChI=1S/C7H10N4O2S2/c1-3(12)4(5(13)9-2)14-7-11-10-6(8)15-7/h4H,1-2H3,(H2,8,10)(H,9,13). The molecule has 0 saturated heterocycles. The van der Waals surface area contributed by atoms with Gasteiger partial charge in [-0.15, -0.1) is 10.2 Å². The van der Waals surface area contributed by atoms with Crippen LogP contribution in [0.2, 0.25) is 0 Å². The van der Waals surface area contributed by atoms with Crippen LogP contribution in [-0.4, -0.2) is 34.2 Å². The lowest BCUT2D eigenvalue weighted by Gasteiger charge is -2.08. The number of carbonyl (C=O) groups is 2. The van der Waals surface area contributed by atoms with Gasteiger partial charge in [-0.2, -0.15) is 0 Å². The molecule has 0 aliphatic rings. The molecule has 15 heavy (non-hydrogen) atoms. The number of carbonyl (C=O) groups excluding carboxylic acids is 2. The summed E-state index contributed by atoms with van der Waals surface area (Å²) in [5.41, 5.74) is 5.39. The molecule has 8 heteroatoms. The maximum atomic E-state index is 11.3. The number of rotatable bonds is 4. The maximum Gasteiger partial charge on any atom is 0.240 e. The number of Topliss-reactive ketones (excluding diaryl/α,β-unsaturated/α-hetero) is 1. The third-order valence-electron chi connectivity index (χ3n) is 1.49. The number of ketones is 1. The quantitative estimate of drug-likeness (QED) is 0.569. The molecule has 0 aliphatic heterocycles. The molecule has 1 heterocycles. The Hall–Kier alpha value is -1.15. The number of nitrogens with two attached hydrogens (primary N) is 1. The summed E-state index contributed by atoms with van der Waals surface area (Å²) in [6, 6.07) is 0. The SMILES string of the molecule is CNC(=O)C(Sc1nnc(N)s1)C(C)=O. The summed E-state index contributed by atoms with van der Waals surface area (Å²) in [6.45, 7) is 1.36. The number of hydrogen-bond donors (Lipinski definition) is 2. The van der Waals surface area contributed by atoms with Crippen LogP contribution < -0.4 is 11.1 Å². The molecule has 1 amide bonds. The average molecular weight is 246 g/mol. The number of hydrogen-bond acceptors (Lipinski definition) is 7. The van der Waals surface area contributed by atoms with E-state index in [4.69, 9.17) is 5.73 Å². The number of anilines is 1. The predicted octanol–water partition coefficient (Wildman–Crippen LogP) is -0.0840. The molecule has 0 radical (unpaired) electrons. The number of amides is 1. The zero-order chi connectivity index (χ0) is 11.4. The summed E-state index contributed by atoms with van der Waals surface area (Å²) in [7, 11) is 1.48. The number of nitrogen functional groups attached to an aromatic ring is 1. The molecule has 0 fully saturated rings. The van der Waals surface area contributed by atoms with Crippen LogP contribution in [0.25, 0.3) is 0 Å². The smallest absolute Gasteiger partial charge is 0.240 e. The fraction of sp³-hybridized carbons (Fsp3) is 0.429. The van der Waals surface area contributed by atoms with Crippen molar-refractivity contribution in [3.63, 3.8) is 0 Å². The van der Waals surface area contributed by atoms with Gasteiger partial charge in [-0.3, -0.25) is 9.59 Å². The van der Waals surface area contributed by atoms with Gasteiger partial charge >= 0.3 is 0 Å². The first-order valence-electron chi connectivity index (χ1n) is 4.02. The molecule has 1 aromatic rings. The van der Waals surface area contributed by atoms with Crippen LogP contribution in [0, 0.1) is 0 Å². The molecule has 6 nitrogen and oxygen atoms in total. The van der Waals surface area contributed by atoms with Gasteiger partial charge in [0.2, 0.25) is 11.0 Å². The highest BCUT2D eigenvalue weighted by Gasteiger charge is 2.25. The van der Waals surface area contributed by atoms with Gasteiger partial charge < -0.3 is 11.1 Å². The molecule has 0 saturated carbocycles. The van der Waals surface area contributed by atoms with Crippen LogP contribution in [0.3, 0.4) is 0 Å². The van der Waals surface area contributed by atoms with E-state index in [1.54, 1.807) is 0 Å². The molecule has 3 N–H and O–H groups in total. The van der Waals surface area contributed by atoms with Gasteiger partial charge in [-0.1, -0.05) is 23.1 Å². The Morgan fingerprint density at radius 2 is 2.20 bits per heavy atom. The van der Waals surface area contributed by atoms with Gasteiger partial charge in [0.05, 0.1) is 0 Å². The fourth-order valence-corrected chi connectivity index (χ4v) is 2.58. The summed E-state index contributed by atoms with van der Waals surface area (Å²) in [4.78, 5) is 22.5. The van der Waals surface area contributed by atoms with E-state index < -0.39 is 5.25 Å². The first-order valence-corrected chi connectivity index (χ1v) is 5.72. The van der Waals surface area contributed by atoms with Crippen LogP contribution >= 0.6 is 23.1 Å². The normalized spacial score (nSPS) is 12.1. The van der Waals surface area contributed by atoms with Gasteiger partial charge in [0, 0.05) is 7.05 Å². The Labute approximate surface area is 94.6 Å². The number of nitrogens with zero attached hydrogens (tertiary/aromatic N) is 2. The Kier molecular flexibility index (Phi) is 4.04. The van der Waals surface area contributed by atoms with Gasteiger partial charge in [0.15, 0.2) is 10.1 Å². The van der Waals surface area contributed by atoms with Crippen molar-refractivity contribution < 1.29 is 9.59 Å². The second kappa shape index (κ2) is 5.08. The van der Waals surface area contributed by atoms with Crippen LogP contribution in [0.5, 0.6) is 0 Å². The second-order valence-electron chi connectivity index (χ2n) is 2.63. The molecule has 1 aromatic heterocycles. The minimum Gasteiger partial charge on any atom is -0.374 e. The third kappa shape index (κ3) is 3.17. The summed E-state index contributed by atoms with van der Waals surface area (Å²) in [6.07, 6.45) is 0. The summed E-state index contributed by atoms with van der Waals surface area (Å²) in [5.74, 6) is -0.575. The van der Waals surface area contributed by atoms with Crippen LogP contribution in [0.15, 0.2) is 4.34 Å². The van der Waals surface area contributed by atoms with E-state index in [1.807, 2.05) is 0 Å². The van der Waals surface area contributed by atoms with E-state index in [0.29, 0.717) is 9.47 Å². The van der Waals surface area contributed by atoms with Gasteiger partial charge in [0.25, 0.3) is 0 Å². The topological polar surface area (TPSA) is 98.0 Å². The molecule has 0 spiro atoms. The zero-order valence-corrected chi connectivity index (χ0v) is 9.82. The van der Waals surface area contributed by atoms with E-state index in [0.717, 1.165) is 23.1 Å². The summed E-state index contributed by atoms with van der Waals surface area (Å²) < 4.78 is 0.510. The van der Waals surface area contributed by atoms with Crippen molar-refractivity contribution >= 4 is 39.9 Å². The molecule has 1 unspecified atom stereocenters. The molecule has 1 rings (SSSR count). The Morgan fingerprint density at radius 3 is 2.60 bits per heavy atom. The van der Waals surface area contributed by atoms with Gasteiger partial charge in [-0.25, -0.2) is 0 Å². The maximum absolute atomic E-state index is 11.3. The number of thioether (sulfide) groups is 1. The molecular formula is C7H10N4O2S2. The summed E-state index contributed by atoms with van der Waals surface area (Å²) in [5, 5.41) is 9.27. The lowest BCUT2D eigenvalue weighted by Crippen LogP contribution is -2.34. The first kappa shape index (κ1) is 11.9. The highest BCUT2D eigenvalue weighted by atomic mass is 32.2. The van der Waals surface area contributed by atoms with Gasteiger partial charge in [-0.05, 0) is 6.92 Å². The number of nitrogens with one attached hydrogen (secondary N) is 1. The second-order valence-corrected chi connectivity index (χ2v) is 4.99. The van der Waals surface area contributed by atoms with Crippen LogP contribution in [0.1, 0.15) is 6.92 Å². The highest BCUT2D eigenvalue weighted by molar-refractivity contribution is 8.03. The highest BCUT2D eigenvalue weighted by Crippen LogP contribution is 2.28. The van der Waals surface area contributed by atoms with Crippen molar-refractivity contribution in [2.45, 2.75) is 16.5 Å². The van der Waals surface area contributed by atoms with Crippen molar-refractivity contribution in [1.29, 1.82) is 0 Å². The Balaban J connectivity index is 2.75. The predicted molar refractivity (Wildman–Crippen MR) is 58.7 cm³/mol. The van der Waals surface area contributed by atoms with Crippen LogP contribution in [-0.2, 0) is 9.59 Å². The first-order chi connectivity index (χ1) is 7.04. The van der Waals surface area contributed by atoms with Crippen molar-refractivity contribution in [3.8, 4) is 0 Å². The van der Waals surface area contributed by atoms with E-state index in [9.17, 15) is 9.59 Å². The lowest BCUT2D eigenvalue weighted by atomic mass is 10.3. The Morgan fingerprint density at radius 1 is 1.53 bits per heavy atom. The van der Waals surface area contributed by atoms with Crippen molar-refractivity contribution in [1.82, 2.24) is 15.5 Å². The third-order valence-corrected chi connectivity index (χ3v) is 3.65.